The van der Waals surface area contributed by atoms with E-state index in [1.807, 2.05) is 75.9 Å². The number of nitrogens with zero attached hydrogens (tertiary/aromatic N) is 8. The number of aromatic nitrogens is 6. The number of nitrogens with one attached hydrogen (secondary N) is 4. The molecule has 0 radical (unpaired) electrons. The van der Waals surface area contributed by atoms with Gasteiger partial charge in [-0.3, -0.25) is 24.2 Å². The third-order valence-corrected chi connectivity index (χ3v) is 10.1. The molecule has 2 fully saturated rings. The predicted octanol–water partition coefficient (Wildman–Crippen LogP) is 3.30. The molecule has 2 amide bonds. The molecule has 4 aromatic rings. The van der Waals surface area contributed by atoms with E-state index < -0.39 is 0 Å². The van der Waals surface area contributed by atoms with E-state index in [4.69, 9.17) is 0 Å². The van der Waals surface area contributed by atoms with Gasteiger partial charge in [-0.15, -0.1) is 0 Å². The van der Waals surface area contributed by atoms with Crippen molar-refractivity contribution in [1.82, 2.24) is 49.5 Å². The quantitative estimate of drug-likeness (QED) is 0.170. The largest absolute Gasteiger partial charge is 0.357 e. The molecule has 2 saturated heterocycles. The number of carbonyl (C=O) groups is 3. The van der Waals surface area contributed by atoms with Crippen LogP contribution in [0.3, 0.4) is 0 Å². The molecule has 0 spiro atoms. The lowest BCUT2D eigenvalue weighted by Gasteiger charge is -2.41. The number of H-pyrrole nitrogens is 2. The molecule has 4 aromatic heterocycles. The van der Waals surface area contributed by atoms with Gasteiger partial charge < -0.3 is 30.4 Å². The molecule has 2 unspecified atom stereocenters. The van der Waals surface area contributed by atoms with E-state index in [1.54, 1.807) is 12.4 Å². The average Bonchev–Trinajstić information content (AvgIpc) is 3.87. The highest BCUT2D eigenvalue weighted by Gasteiger charge is 2.34. The number of aryl methyl sites for hydroxylation is 2. The van der Waals surface area contributed by atoms with Gasteiger partial charge in [-0.25, -0.2) is 19.9 Å². The maximum absolute atomic E-state index is 13.7. The van der Waals surface area contributed by atoms with Crippen LogP contribution < -0.4 is 10.6 Å². The summed E-state index contributed by atoms with van der Waals surface area (Å²) in [5.41, 5.74) is 6.12. The summed E-state index contributed by atoms with van der Waals surface area (Å²) in [5, 5.41) is 6.27. The molecule has 0 saturated carbocycles. The minimum absolute atomic E-state index is 0.0672. The van der Waals surface area contributed by atoms with Gasteiger partial charge >= 0.3 is 0 Å². The van der Waals surface area contributed by atoms with Crippen molar-refractivity contribution >= 4 is 29.5 Å². The van der Waals surface area contributed by atoms with Crippen LogP contribution in [0.2, 0.25) is 0 Å². The number of amides is 2. The summed E-state index contributed by atoms with van der Waals surface area (Å²) in [5.74, 6) is 1.13. The number of rotatable bonds is 12. The number of hydrogen-bond donors (Lipinski definition) is 4. The normalized spacial score (nSPS) is 16.8. The van der Waals surface area contributed by atoms with E-state index in [0.717, 1.165) is 46.7 Å². The van der Waals surface area contributed by atoms with Crippen LogP contribution in [0.1, 0.15) is 59.8 Å². The van der Waals surface area contributed by atoms with Gasteiger partial charge in [-0.1, -0.05) is 0 Å². The van der Waals surface area contributed by atoms with E-state index in [-0.39, 0.29) is 29.7 Å². The maximum Gasteiger partial charge on any atom is 0.270 e. The molecular weight excluding hydrogens is 660 g/mol. The first-order valence-electron chi connectivity index (χ1n) is 18.2. The Morgan fingerprint density at radius 2 is 1.06 bits per heavy atom. The zero-order valence-electron chi connectivity index (χ0n) is 31.0. The number of hydrogen-bond acceptors (Lipinski definition) is 11. The monoisotopic (exact) mass is 710 g/mol. The van der Waals surface area contributed by atoms with Gasteiger partial charge in [-0.2, -0.15) is 0 Å². The lowest BCUT2D eigenvalue weighted by Crippen LogP contribution is -2.58. The van der Waals surface area contributed by atoms with Crippen molar-refractivity contribution in [3.05, 3.63) is 59.4 Å². The Bertz CT molecular complexity index is 1750. The Kier molecular flexibility index (Phi) is 11.3. The second kappa shape index (κ2) is 16.0. The number of carbonyl (C=O) groups excluding carboxylic acids is 3. The first kappa shape index (κ1) is 36.6. The first-order chi connectivity index (χ1) is 25.1. The lowest BCUT2D eigenvalue weighted by atomic mass is 10.0. The number of piperazine rings is 2. The highest BCUT2D eigenvalue weighted by Crippen LogP contribution is 2.25. The minimum Gasteiger partial charge on any atom is -0.357 e. The summed E-state index contributed by atoms with van der Waals surface area (Å²) in [6, 6.07) is 3.12. The summed E-state index contributed by atoms with van der Waals surface area (Å²) >= 11 is 0. The number of Topliss-reactive ketones (excluding diaryl/α,β-unsaturated/α-hetero) is 1. The lowest BCUT2D eigenvalue weighted by molar-refractivity contribution is -0.129. The summed E-state index contributed by atoms with van der Waals surface area (Å²) in [6.07, 6.45) is 7.18. The maximum atomic E-state index is 13.7. The molecule has 4 N–H and O–H groups in total. The molecule has 6 rings (SSSR count). The molecule has 0 aromatic carbocycles. The van der Waals surface area contributed by atoms with Gasteiger partial charge in [0.05, 0.1) is 23.5 Å². The molecule has 0 bridgehead atoms. The second-order valence-corrected chi connectivity index (χ2v) is 13.5. The Balaban J connectivity index is 0.982. The third kappa shape index (κ3) is 7.84. The molecule has 276 valence electrons. The van der Waals surface area contributed by atoms with Crippen LogP contribution >= 0.6 is 0 Å². The molecule has 15 heteroatoms. The molecular formula is C37H50N12O3. The van der Waals surface area contributed by atoms with Crippen molar-refractivity contribution in [2.45, 2.75) is 53.6 Å². The van der Waals surface area contributed by atoms with Gasteiger partial charge in [0.15, 0.2) is 5.78 Å². The van der Waals surface area contributed by atoms with Gasteiger partial charge in [0, 0.05) is 101 Å². The number of ketones is 1. The highest BCUT2D eigenvalue weighted by molar-refractivity contribution is 5.95. The van der Waals surface area contributed by atoms with Crippen molar-refractivity contribution in [2.75, 3.05) is 76.1 Å². The molecule has 0 aliphatic carbocycles. The highest BCUT2D eigenvalue weighted by atomic mass is 16.2. The van der Waals surface area contributed by atoms with Crippen LogP contribution in [0, 0.1) is 13.8 Å². The number of anilines is 2. The van der Waals surface area contributed by atoms with Gasteiger partial charge in [0.2, 0.25) is 11.9 Å². The van der Waals surface area contributed by atoms with Gasteiger partial charge in [0.25, 0.3) is 11.8 Å². The fourth-order valence-electron chi connectivity index (χ4n) is 6.94. The summed E-state index contributed by atoms with van der Waals surface area (Å²) in [7, 11) is 0. The zero-order valence-corrected chi connectivity index (χ0v) is 31.0. The topological polar surface area (TPSA) is 171 Å². The fraction of sp³-hybridized carbons (Fsp3) is 0.486. The van der Waals surface area contributed by atoms with E-state index in [1.165, 1.54) is 0 Å². The van der Waals surface area contributed by atoms with Crippen LogP contribution in [0.25, 0.3) is 22.5 Å². The van der Waals surface area contributed by atoms with Gasteiger partial charge in [-0.05, 0) is 64.8 Å². The number of aromatic amines is 2. The summed E-state index contributed by atoms with van der Waals surface area (Å²) < 4.78 is 0. The molecule has 2 atom stereocenters. The smallest absolute Gasteiger partial charge is 0.270 e. The minimum atomic E-state index is -0.286. The van der Waals surface area contributed by atoms with Crippen LogP contribution in [-0.4, -0.2) is 145 Å². The Morgan fingerprint density at radius 3 is 1.42 bits per heavy atom. The molecule has 15 nitrogen and oxygen atoms in total. The van der Waals surface area contributed by atoms with Crippen molar-refractivity contribution in [3.63, 3.8) is 0 Å². The summed E-state index contributed by atoms with van der Waals surface area (Å²) in [4.78, 5) is 72.7. The zero-order chi connectivity index (χ0) is 36.9. The summed E-state index contributed by atoms with van der Waals surface area (Å²) in [6.45, 7) is 17.8. The van der Waals surface area contributed by atoms with Gasteiger partial charge in [0.1, 0.15) is 11.4 Å². The van der Waals surface area contributed by atoms with Crippen LogP contribution in [0.15, 0.2) is 36.9 Å². The van der Waals surface area contributed by atoms with Crippen molar-refractivity contribution in [2.24, 2.45) is 0 Å². The molecule has 52 heavy (non-hydrogen) atoms. The Labute approximate surface area is 304 Å². The van der Waals surface area contributed by atoms with Crippen molar-refractivity contribution in [3.8, 4) is 22.5 Å². The standard InChI is InChI=1S/C37H50N12O3/c1-7-38-36-42-19-23(3)31(44-36)27-17-29(40-21-27)34(51)48-13-9-46(10-14-48)25(5)33(50)26(6)47-11-15-49(16-12-47)35(52)30-18-28(22-41-30)32-24(4)20-43-37(45-32)39-8-2/h17-22,25-26,40-41H,7-16H2,1-6H3,(H,38,42,44)(H,39,43,45). The van der Waals surface area contributed by atoms with E-state index in [0.29, 0.717) is 75.6 Å². The van der Waals surface area contributed by atoms with Crippen LogP contribution in [0.5, 0.6) is 0 Å². The SMILES string of the molecule is CCNc1ncc(C)c(-c2c[nH]c(C(=O)N3CCN(C(C)C(=O)C(C)N4CCN(C(=O)c5cc(-c6nc(NCC)ncc6C)c[nH]5)CC4)CC3)c2)n1. The Hall–Kier alpha value is -5.15. The van der Waals surface area contributed by atoms with Crippen LogP contribution in [0.4, 0.5) is 11.9 Å². The first-order valence-corrected chi connectivity index (χ1v) is 18.2. The molecule has 2 aliphatic heterocycles. The molecule has 6 heterocycles. The van der Waals surface area contributed by atoms with E-state index in [2.05, 4.69) is 50.3 Å². The fourth-order valence-corrected chi connectivity index (χ4v) is 6.94. The molecule has 2 aliphatic rings. The predicted molar refractivity (Wildman–Crippen MR) is 200 cm³/mol. The van der Waals surface area contributed by atoms with E-state index >= 15 is 0 Å². The van der Waals surface area contributed by atoms with Crippen LogP contribution in [-0.2, 0) is 4.79 Å². The second-order valence-electron chi connectivity index (χ2n) is 13.5. The average molecular weight is 711 g/mol. The Morgan fingerprint density at radius 1 is 0.673 bits per heavy atom. The van der Waals surface area contributed by atoms with Crippen molar-refractivity contribution in [1.29, 1.82) is 0 Å². The van der Waals surface area contributed by atoms with Crippen molar-refractivity contribution < 1.29 is 14.4 Å². The van der Waals surface area contributed by atoms with E-state index in [9.17, 15) is 14.4 Å². The third-order valence-electron chi connectivity index (χ3n) is 10.1.